The van der Waals surface area contributed by atoms with E-state index in [0.717, 1.165) is 12.8 Å². The maximum atomic E-state index is 12.6. The minimum absolute atomic E-state index is 0.0214. The molecule has 1 fully saturated rings. The number of sulfonamides is 1. The Labute approximate surface area is 129 Å². The van der Waals surface area contributed by atoms with Crippen LogP contribution in [0.15, 0.2) is 23.1 Å². The quantitative estimate of drug-likeness (QED) is 0.922. The van der Waals surface area contributed by atoms with Crippen molar-refractivity contribution in [3.8, 4) is 0 Å². The lowest BCUT2D eigenvalue weighted by Gasteiger charge is -2.34. The summed E-state index contributed by atoms with van der Waals surface area (Å²) in [6.45, 7) is 0. The Bertz CT molecular complexity index is 591. The zero-order valence-corrected chi connectivity index (χ0v) is 13.4. The van der Waals surface area contributed by atoms with Gasteiger partial charge in [0.1, 0.15) is 4.90 Å². The van der Waals surface area contributed by atoms with Crippen molar-refractivity contribution in [1.82, 2.24) is 4.31 Å². The minimum Gasteiger partial charge on any atom is -0.391 e. The molecule has 2 rings (SSSR count). The van der Waals surface area contributed by atoms with Gasteiger partial charge < -0.3 is 5.11 Å². The molecule has 1 N–H and O–H groups in total. The first-order valence-corrected chi connectivity index (χ1v) is 8.65. The highest BCUT2D eigenvalue weighted by atomic mass is 35.5. The Kier molecular flexibility index (Phi) is 4.97. The highest BCUT2D eigenvalue weighted by molar-refractivity contribution is 7.89. The van der Waals surface area contributed by atoms with Gasteiger partial charge in [0.2, 0.25) is 10.0 Å². The molecule has 1 aliphatic carbocycles. The van der Waals surface area contributed by atoms with Crippen molar-refractivity contribution in [3.05, 3.63) is 28.2 Å². The van der Waals surface area contributed by atoms with E-state index >= 15 is 0 Å². The molecule has 2 atom stereocenters. The third kappa shape index (κ3) is 3.12. The predicted molar refractivity (Wildman–Crippen MR) is 79.7 cm³/mol. The van der Waals surface area contributed by atoms with Gasteiger partial charge in [-0.15, -0.1) is 0 Å². The van der Waals surface area contributed by atoms with E-state index < -0.39 is 22.2 Å². The van der Waals surface area contributed by atoms with Gasteiger partial charge in [-0.05, 0) is 31.0 Å². The number of halogens is 2. The van der Waals surface area contributed by atoms with Crippen molar-refractivity contribution in [2.45, 2.75) is 42.7 Å². The van der Waals surface area contributed by atoms with Gasteiger partial charge >= 0.3 is 0 Å². The van der Waals surface area contributed by atoms with Crippen LogP contribution in [0.1, 0.15) is 25.7 Å². The molecule has 1 aromatic rings. The van der Waals surface area contributed by atoms with Gasteiger partial charge in [0, 0.05) is 12.1 Å². The number of hydrogen-bond donors (Lipinski definition) is 1. The summed E-state index contributed by atoms with van der Waals surface area (Å²) in [6, 6.07) is 3.93. The molecule has 112 valence electrons. The molecular weight excluding hydrogens is 321 g/mol. The molecule has 0 heterocycles. The second-order valence-corrected chi connectivity index (χ2v) is 7.82. The van der Waals surface area contributed by atoms with Crippen molar-refractivity contribution >= 4 is 33.2 Å². The average molecular weight is 338 g/mol. The highest BCUT2D eigenvalue weighted by Gasteiger charge is 2.35. The topological polar surface area (TPSA) is 57.6 Å². The Balaban J connectivity index is 2.36. The number of nitrogens with zero attached hydrogens (tertiary/aromatic N) is 1. The molecule has 0 saturated heterocycles. The van der Waals surface area contributed by atoms with E-state index in [2.05, 4.69) is 0 Å². The van der Waals surface area contributed by atoms with Crippen molar-refractivity contribution < 1.29 is 13.5 Å². The number of benzene rings is 1. The lowest BCUT2D eigenvalue weighted by Crippen LogP contribution is -2.46. The van der Waals surface area contributed by atoms with Crippen molar-refractivity contribution in [1.29, 1.82) is 0 Å². The van der Waals surface area contributed by atoms with E-state index in [1.54, 1.807) is 6.07 Å². The van der Waals surface area contributed by atoms with E-state index in [1.165, 1.54) is 23.5 Å². The molecular formula is C13H17Cl2NO3S. The highest BCUT2D eigenvalue weighted by Crippen LogP contribution is 2.31. The van der Waals surface area contributed by atoms with Crippen LogP contribution in [0.2, 0.25) is 10.0 Å². The van der Waals surface area contributed by atoms with Crippen LogP contribution in [0.25, 0.3) is 0 Å². The minimum atomic E-state index is -3.77. The predicted octanol–water partition coefficient (Wildman–Crippen LogP) is 2.92. The normalized spacial score (nSPS) is 24.1. The summed E-state index contributed by atoms with van der Waals surface area (Å²) in [4.78, 5) is -0.0214. The van der Waals surface area contributed by atoms with Crippen molar-refractivity contribution in [3.63, 3.8) is 0 Å². The Hall–Kier alpha value is -0.330. The van der Waals surface area contributed by atoms with Crippen LogP contribution in [0.5, 0.6) is 0 Å². The van der Waals surface area contributed by atoms with Crippen LogP contribution < -0.4 is 0 Å². The van der Waals surface area contributed by atoms with E-state index in [9.17, 15) is 13.5 Å². The second-order valence-electron chi connectivity index (χ2n) is 5.02. The molecule has 0 unspecified atom stereocenters. The molecule has 0 amide bonds. The Morgan fingerprint density at radius 2 is 1.90 bits per heavy atom. The van der Waals surface area contributed by atoms with Crippen molar-refractivity contribution in [2.24, 2.45) is 0 Å². The molecule has 0 bridgehead atoms. The summed E-state index contributed by atoms with van der Waals surface area (Å²) in [6.07, 6.45) is 2.46. The summed E-state index contributed by atoms with van der Waals surface area (Å²) in [5.41, 5.74) is 0. The van der Waals surface area contributed by atoms with E-state index in [1.807, 2.05) is 0 Å². The van der Waals surface area contributed by atoms with Gasteiger partial charge in [-0.25, -0.2) is 8.42 Å². The molecule has 1 aliphatic rings. The molecule has 0 spiro atoms. The van der Waals surface area contributed by atoms with Crippen molar-refractivity contribution in [2.75, 3.05) is 7.05 Å². The summed E-state index contributed by atoms with van der Waals surface area (Å²) in [5.74, 6) is 0. The molecule has 1 saturated carbocycles. The van der Waals surface area contributed by atoms with Crippen LogP contribution in [0.4, 0.5) is 0 Å². The summed E-state index contributed by atoms with van der Waals surface area (Å²) in [7, 11) is -2.29. The summed E-state index contributed by atoms with van der Waals surface area (Å²) in [5, 5.41) is 10.5. The van der Waals surface area contributed by atoms with Gasteiger partial charge in [0.15, 0.2) is 0 Å². The summed E-state index contributed by atoms with van der Waals surface area (Å²) >= 11 is 11.8. The Morgan fingerprint density at radius 3 is 2.55 bits per heavy atom. The van der Waals surface area contributed by atoms with Crippen LogP contribution in [-0.2, 0) is 10.0 Å². The molecule has 0 aliphatic heterocycles. The monoisotopic (exact) mass is 337 g/mol. The van der Waals surface area contributed by atoms with Gasteiger partial charge in [0.05, 0.1) is 17.2 Å². The first-order chi connectivity index (χ1) is 9.34. The smallest absolute Gasteiger partial charge is 0.244 e. The number of aliphatic hydroxyl groups is 1. The standard InChI is InChI=1S/C13H17Cl2NO3S/c1-16(11-4-2-3-5-12(11)17)20(18,19)13-8-9(14)6-7-10(13)15/h6-8,11-12,17H,2-5H2,1H3/t11-,12-/m0/s1. The fourth-order valence-electron chi connectivity index (χ4n) is 2.52. The number of aliphatic hydroxyl groups excluding tert-OH is 1. The lowest BCUT2D eigenvalue weighted by atomic mass is 9.93. The number of hydrogen-bond acceptors (Lipinski definition) is 3. The van der Waals surface area contributed by atoms with E-state index in [4.69, 9.17) is 23.2 Å². The number of likely N-dealkylation sites (N-methyl/N-ethyl adjacent to an activating group) is 1. The van der Waals surface area contributed by atoms with Gasteiger partial charge in [-0.2, -0.15) is 4.31 Å². The molecule has 20 heavy (non-hydrogen) atoms. The third-order valence-corrected chi connectivity index (χ3v) is 6.31. The SMILES string of the molecule is CN([C@H]1CCCC[C@@H]1O)S(=O)(=O)c1cc(Cl)ccc1Cl. The maximum absolute atomic E-state index is 12.6. The molecule has 1 aromatic carbocycles. The zero-order valence-electron chi connectivity index (χ0n) is 11.1. The van der Waals surface area contributed by atoms with Gasteiger partial charge in [0.25, 0.3) is 0 Å². The largest absolute Gasteiger partial charge is 0.391 e. The van der Waals surface area contributed by atoms with E-state index in [0.29, 0.717) is 17.9 Å². The van der Waals surface area contributed by atoms with Crippen LogP contribution in [0, 0.1) is 0 Å². The molecule has 4 nitrogen and oxygen atoms in total. The zero-order chi connectivity index (χ0) is 14.9. The number of rotatable bonds is 3. The fourth-order valence-corrected chi connectivity index (χ4v) is 4.67. The summed E-state index contributed by atoms with van der Waals surface area (Å²) < 4.78 is 26.5. The second kappa shape index (κ2) is 6.20. The molecule has 7 heteroatoms. The maximum Gasteiger partial charge on any atom is 0.244 e. The van der Waals surface area contributed by atoms with Gasteiger partial charge in [-0.1, -0.05) is 36.0 Å². The lowest BCUT2D eigenvalue weighted by molar-refractivity contribution is 0.0638. The molecule has 0 radical (unpaired) electrons. The van der Waals surface area contributed by atoms with E-state index in [-0.39, 0.29) is 9.92 Å². The molecule has 0 aromatic heterocycles. The average Bonchev–Trinajstić information content (AvgIpc) is 2.41. The fraction of sp³-hybridized carbons (Fsp3) is 0.538. The first kappa shape index (κ1) is 16.0. The van der Waals surface area contributed by atoms with Crippen LogP contribution in [0.3, 0.4) is 0 Å². The first-order valence-electron chi connectivity index (χ1n) is 6.45. The Morgan fingerprint density at radius 1 is 1.25 bits per heavy atom. The third-order valence-electron chi connectivity index (χ3n) is 3.71. The van der Waals surface area contributed by atoms with Crippen LogP contribution in [-0.4, -0.2) is 37.0 Å². The van der Waals surface area contributed by atoms with Gasteiger partial charge in [-0.3, -0.25) is 0 Å². The van der Waals surface area contributed by atoms with Crippen LogP contribution >= 0.6 is 23.2 Å².